The quantitative estimate of drug-likeness (QED) is 0.407. The Morgan fingerprint density at radius 1 is 1.10 bits per heavy atom. The topological polar surface area (TPSA) is 133 Å². The molecule has 1 atom stereocenters. The van der Waals surface area contributed by atoms with E-state index in [1.54, 1.807) is 18.2 Å². The van der Waals surface area contributed by atoms with Crippen molar-refractivity contribution in [3.8, 4) is 17.2 Å². The lowest BCUT2D eigenvalue weighted by Crippen LogP contribution is -2.25. The molecule has 0 amide bonds. The first-order chi connectivity index (χ1) is 14.8. The van der Waals surface area contributed by atoms with E-state index in [0.29, 0.717) is 22.5 Å². The van der Waals surface area contributed by atoms with Crippen molar-refractivity contribution >= 4 is 23.0 Å². The third kappa shape index (κ3) is 5.17. The van der Waals surface area contributed by atoms with Gasteiger partial charge >= 0.3 is 11.9 Å². The average molecular weight is 427 g/mol. The van der Waals surface area contributed by atoms with Gasteiger partial charge in [-0.05, 0) is 37.3 Å². The van der Waals surface area contributed by atoms with E-state index in [4.69, 9.17) is 14.2 Å². The minimum absolute atomic E-state index is 0.0397. The zero-order valence-corrected chi connectivity index (χ0v) is 16.9. The number of phenolic OH excluding ortho intramolecular Hbond substituents is 1. The number of nitrogens with zero attached hydrogens (tertiary/aromatic N) is 3. The Bertz CT molecular complexity index is 1140. The van der Waals surface area contributed by atoms with Crippen LogP contribution in [0.1, 0.15) is 17.3 Å². The monoisotopic (exact) mass is 427 g/mol. The molecular formula is C21H21N3O7. The van der Waals surface area contributed by atoms with E-state index >= 15 is 0 Å². The molecule has 0 saturated carbocycles. The highest BCUT2D eigenvalue weighted by Crippen LogP contribution is 2.26. The van der Waals surface area contributed by atoms with E-state index in [0.717, 1.165) is 0 Å². The molecule has 1 heterocycles. The van der Waals surface area contributed by atoms with Gasteiger partial charge in [0.2, 0.25) is 0 Å². The van der Waals surface area contributed by atoms with Gasteiger partial charge in [-0.25, -0.2) is 9.59 Å². The van der Waals surface area contributed by atoms with E-state index in [1.165, 1.54) is 37.0 Å². The van der Waals surface area contributed by atoms with Crippen LogP contribution in [0.4, 0.5) is 0 Å². The zero-order chi connectivity index (χ0) is 22.5. The smallest absolute Gasteiger partial charge is 0.338 e. The van der Waals surface area contributed by atoms with E-state index in [2.05, 4.69) is 16.8 Å². The molecule has 10 heteroatoms. The van der Waals surface area contributed by atoms with Crippen molar-refractivity contribution in [3.05, 3.63) is 54.1 Å². The van der Waals surface area contributed by atoms with Crippen molar-refractivity contribution in [2.45, 2.75) is 13.0 Å². The maximum absolute atomic E-state index is 12.3. The minimum Gasteiger partial charge on any atom is -0.506 e. The highest BCUT2D eigenvalue weighted by atomic mass is 16.6. The summed E-state index contributed by atoms with van der Waals surface area (Å²) in [5, 5.41) is 28.5. The van der Waals surface area contributed by atoms with E-state index in [-0.39, 0.29) is 30.1 Å². The highest BCUT2D eigenvalue weighted by Gasteiger charge is 2.16. The Balaban J connectivity index is 1.69. The summed E-state index contributed by atoms with van der Waals surface area (Å²) in [6, 6.07) is 9.20. The van der Waals surface area contributed by atoms with Crippen molar-refractivity contribution in [1.29, 1.82) is 0 Å². The molecule has 0 spiro atoms. The summed E-state index contributed by atoms with van der Waals surface area (Å²) in [6.45, 7) is 4.24. The number of aromatic nitrogens is 3. The molecule has 0 aliphatic heterocycles. The van der Waals surface area contributed by atoms with E-state index in [1.807, 2.05) is 0 Å². The van der Waals surface area contributed by atoms with Crippen molar-refractivity contribution in [1.82, 2.24) is 15.0 Å². The molecule has 3 aromatic rings. The summed E-state index contributed by atoms with van der Waals surface area (Å²) < 4.78 is 15.0. The number of rotatable bonds is 8. The maximum Gasteiger partial charge on any atom is 0.338 e. The first-order valence-corrected chi connectivity index (χ1v) is 9.20. The summed E-state index contributed by atoms with van der Waals surface area (Å²) >= 11 is 0. The molecule has 3 rings (SSSR count). The van der Waals surface area contributed by atoms with Crippen LogP contribution in [0.15, 0.2) is 48.6 Å². The molecule has 0 radical (unpaired) electrons. The van der Waals surface area contributed by atoms with Gasteiger partial charge in [0.25, 0.3) is 0 Å². The second kappa shape index (κ2) is 9.26. The number of aliphatic hydroxyl groups is 1. The first kappa shape index (κ1) is 21.8. The van der Waals surface area contributed by atoms with Gasteiger partial charge in [-0.3, -0.25) is 0 Å². The summed E-state index contributed by atoms with van der Waals surface area (Å²) in [5.74, 6) is -0.847. The van der Waals surface area contributed by atoms with Gasteiger partial charge in [-0.15, -0.1) is 15.0 Å². The van der Waals surface area contributed by atoms with E-state index in [9.17, 15) is 19.8 Å². The van der Waals surface area contributed by atoms with Crippen LogP contribution in [0.25, 0.3) is 16.7 Å². The SMILES string of the molecule is C=C(C)C(=O)OCC(O)COC(=O)c1ccc2nn(-c3cc(OC)ccc3O)nc2c1. The molecule has 162 valence electrons. The molecule has 1 aromatic heterocycles. The van der Waals surface area contributed by atoms with Crippen LogP contribution >= 0.6 is 0 Å². The number of hydrogen-bond donors (Lipinski definition) is 2. The molecule has 31 heavy (non-hydrogen) atoms. The van der Waals surface area contributed by atoms with Crippen molar-refractivity contribution in [2.24, 2.45) is 0 Å². The second-order valence-corrected chi connectivity index (χ2v) is 6.68. The Labute approximate surface area is 177 Å². The number of carbonyl (C=O) groups is 2. The highest BCUT2D eigenvalue weighted by molar-refractivity contribution is 5.93. The molecule has 2 aromatic carbocycles. The third-order valence-electron chi connectivity index (χ3n) is 4.18. The first-order valence-electron chi connectivity index (χ1n) is 9.20. The van der Waals surface area contributed by atoms with Gasteiger partial charge in [-0.2, -0.15) is 0 Å². The molecule has 0 fully saturated rings. The van der Waals surface area contributed by atoms with Gasteiger partial charge in [0.15, 0.2) is 0 Å². The predicted octanol–water partition coefficient (Wildman–Crippen LogP) is 1.77. The van der Waals surface area contributed by atoms with E-state index < -0.39 is 18.0 Å². The number of ether oxygens (including phenoxy) is 3. The molecule has 1 unspecified atom stereocenters. The van der Waals surface area contributed by atoms with Gasteiger partial charge in [-0.1, -0.05) is 6.58 Å². The molecule has 0 bridgehead atoms. The third-order valence-corrected chi connectivity index (χ3v) is 4.18. The van der Waals surface area contributed by atoms with Gasteiger partial charge < -0.3 is 24.4 Å². The number of carbonyl (C=O) groups excluding carboxylic acids is 2. The van der Waals surface area contributed by atoms with Crippen LogP contribution in [0.2, 0.25) is 0 Å². The number of fused-ring (bicyclic) bond motifs is 1. The number of benzene rings is 2. The number of methoxy groups -OCH3 is 1. The summed E-state index contributed by atoms with van der Waals surface area (Å²) in [4.78, 5) is 24.8. The molecule has 10 nitrogen and oxygen atoms in total. The lowest BCUT2D eigenvalue weighted by molar-refractivity contribution is -0.142. The predicted molar refractivity (Wildman–Crippen MR) is 109 cm³/mol. The fourth-order valence-corrected chi connectivity index (χ4v) is 2.54. The fraction of sp³-hybridized carbons (Fsp3) is 0.238. The lowest BCUT2D eigenvalue weighted by atomic mass is 10.2. The standard InChI is InChI=1S/C21H21N3O7/c1-12(2)20(27)30-10-14(25)11-31-21(28)13-4-6-16-17(8-13)23-24(22-16)18-9-15(29-3)5-7-19(18)26/h4-9,14,25-26H,1,10-11H2,2-3H3. The summed E-state index contributed by atoms with van der Waals surface area (Å²) in [7, 11) is 1.50. The van der Waals surface area contributed by atoms with Crippen LogP contribution in [0.5, 0.6) is 11.5 Å². The summed E-state index contributed by atoms with van der Waals surface area (Å²) in [5.41, 5.74) is 1.60. The Hall–Kier alpha value is -3.92. The van der Waals surface area contributed by atoms with Gasteiger partial charge in [0.1, 0.15) is 47.5 Å². The lowest BCUT2D eigenvalue weighted by Gasteiger charge is -2.12. The van der Waals surface area contributed by atoms with Crippen LogP contribution in [-0.4, -0.2) is 63.6 Å². The Morgan fingerprint density at radius 2 is 1.81 bits per heavy atom. The van der Waals surface area contributed by atoms with Crippen LogP contribution in [-0.2, 0) is 14.3 Å². The number of aromatic hydroxyl groups is 1. The molecule has 2 N–H and O–H groups in total. The molecule has 0 aliphatic carbocycles. The van der Waals surface area contributed by atoms with Crippen LogP contribution < -0.4 is 4.74 Å². The minimum atomic E-state index is -1.17. The molecule has 0 aliphatic rings. The normalized spacial score (nSPS) is 11.7. The summed E-state index contributed by atoms with van der Waals surface area (Å²) in [6.07, 6.45) is -1.17. The fourth-order valence-electron chi connectivity index (χ4n) is 2.54. The second-order valence-electron chi connectivity index (χ2n) is 6.68. The van der Waals surface area contributed by atoms with Crippen LogP contribution in [0.3, 0.4) is 0 Å². The average Bonchev–Trinajstić information content (AvgIpc) is 3.19. The Kier molecular flexibility index (Phi) is 6.51. The number of hydrogen-bond acceptors (Lipinski definition) is 9. The van der Waals surface area contributed by atoms with Gasteiger partial charge in [0.05, 0.1) is 12.7 Å². The largest absolute Gasteiger partial charge is 0.506 e. The van der Waals surface area contributed by atoms with Crippen molar-refractivity contribution in [3.63, 3.8) is 0 Å². The van der Waals surface area contributed by atoms with Crippen LogP contribution in [0, 0.1) is 0 Å². The van der Waals surface area contributed by atoms with Crippen molar-refractivity contribution in [2.75, 3.05) is 20.3 Å². The molecule has 0 saturated heterocycles. The molecular weight excluding hydrogens is 406 g/mol. The number of aliphatic hydroxyl groups excluding tert-OH is 1. The Morgan fingerprint density at radius 3 is 2.52 bits per heavy atom. The number of phenols is 1. The zero-order valence-electron chi connectivity index (χ0n) is 16.9. The van der Waals surface area contributed by atoms with Gasteiger partial charge in [0, 0.05) is 11.6 Å². The van der Waals surface area contributed by atoms with Crippen molar-refractivity contribution < 1.29 is 34.0 Å². The maximum atomic E-state index is 12.3. The number of esters is 2.